The van der Waals surface area contributed by atoms with E-state index in [0.29, 0.717) is 17.4 Å². The van der Waals surface area contributed by atoms with Crippen molar-refractivity contribution in [2.75, 3.05) is 25.9 Å². The predicted molar refractivity (Wildman–Crippen MR) is 154 cm³/mol. The zero-order chi connectivity index (χ0) is 27.5. The number of benzene rings is 2. The molecule has 8 heteroatoms. The van der Waals surface area contributed by atoms with Crippen molar-refractivity contribution >= 4 is 20.9 Å². The first-order valence-corrected chi connectivity index (χ1v) is 16.4. The number of aryl methyl sites for hydroxylation is 1. The number of fused-ring (bicyclic) bond motifs is 3. The lowest BCUT2D eigenvalue weighted by atomic mass is 9.86. The number of sulfone groups is 1. The van der Waals surface area contributed by atoms with Crippen molar-refractivity contribution in [3.63, 3.8) is 0 Å². The normalized spacial score (nSPS) is 25.2. The monoisotopic (exact) mass is 552 g/mol. The number of imidazole rings is 1. The molecule has 2 bridgehead atoms. The maximum Gasteiger partial charge on any atom is 0.175 e. The van der Waals surface area contributed by atoms with Crippen molar-refractivity contribution in [1.29, 1.82) is 0 Å². The second-order valence-corrected chi connectivity index (χ2v) is 14.6. The lowest BCUT2D eigenvalue weighted by Gasteiger charge is -2.46. The molecule has 3 fully saturated rings. The van der Waals surface area contributed by atoms with Crippen LogP contribution in [0.5, 0.6) is 0 Å². The Morgan fingerprint density at radius 1 is 0.949 bits per heavy atom. The summed E-state index contributed by atoms with van der Waals surface area (Å²) in [7, 11) is -1.39. The van der Waals surface area contributed by atoms with Gasteiger partial charge in [0.05, 0.1) is 10.4 Å². The molecule has 0 N–H and O–H groups in total. The number of hydrogen-bond donors (Lipinski definition) is 0. The Bertz CT molecular complexity index is 1440. The predicted octanol–water partition coefficient (Wildman–Crippen LogP) is 5.61. The number of halogens is 1. The molecule has 1 aromatic heterocycles. The van der Waals surface area contributed by atoms with E-state index >= 15 is 4.39 Å². The van der Waals surface area contributed by atoms with Crippen molar-refractivity contribution in [2.45, 2.75) is 81.3 Å². The molecule has 0 amide bonds. The van der Waals surface area contributed by atoms with Crippen molar-refractivity contribution in [1.82, 2.24) is 19.4 Å². The van der Waals surface area contributed by atoms with E-state index in [1.165, 1.54) is 38.5 Å². The van der Waals surface area contributed by atoms with Crippen molar-refractivity contribution in [3.8, 4) is 11.4 Å². The van der Waals surface area contributed by atoms with Crippen LogP contribution in [-0.2, 0) is 16.9 Å². The second-order valence-electron chi connectivity index (χ2n) is 12.5. The summed E-state index contributed by atoms with van der Waals surface area (Å²) < 4.78 is 41.5. The fraction of sp³-hybridized carbons (Fsp3) is 0.581. The van der Waals surface area contributed by atoms with E-state index in [4.69, 9.17) is 4.98 Å². The van der Waals surface area contributed by atoms with E-state index in [-0.39, 0.29) is 16.6 Å². The summed E-state index contributed by atoms with van der Waals surface area (Å²) in [6.45, 7) is 7.97. The summed E-state index contributed by atoms with van der Waals surface area (Å²) in [5.41, 5.74) is 2.70. The van der Waals surface area contributed by atoms with Gasteiger partial charge in [-0.05, 0) is 99.3 Å². The molecule has 2 aromatic carbocycles. The molecule has 0 aliphatic carbocycles. The Kier molecular flexibility index (Phi) is 7.09. The highest BCUT2D eigenvalue weighted by atomic mass is 32.2. The van der Waals surface area contributed by atoms with Gasteiger partial charge in [-0.15, -0.1) is 0 Å². The minimum absolute atomic E-state index is 0.208. The van der Waals surface area contributed by atoms with Crippen LogP contribution in [-0.4, -0.2) is 71.8 Å². The standard InChI is InChI=1S/C31H41FN4O2S/c1-20(2)19-36-23-7-8-24(36)18-25(17-23)35-15-13-21(14-16-35)27-11-12-28-30(29(27)32)33-31(34(28)3)22-5-9-26(10-6-22)39(4,37)38/h5-6,9-12,20-21,23-25H,7-8,13-19H2,1-4H3. The summed E-state index contributed by atoms with van der Waals surface area (Å²) >= 11 is 0. The third kappa shape index (κ3) is 5.04. The molecule has 3 saturated heterocycles. The Morgan fingerprint density at radius 3 is 2.18 bits per heavy atom. The molecule has 4 heterocycles. The third-order valence-corrected chi connectivity index (χ3v) is 10.6. The average molecular weight is 553 g/mol. The zero-order valence-electron chi connectivity index (χ0n) is 23.6. The third-order valence-electron chi connectivity index (χ3n) is 9.48. The summed E-state index contributed by atoms with van der Waals surface area (Å²) in [6, 6.07) is 12.8. The first-order valence-electron chi connectivity index (χ1n) is 14.5. The fourth-order valence-corrected chi connectivity index (χ4v) is 8.14. The van der Waals surface area contributed by atoms with Gasteiger partial charge in [0.15, 0.2) is 15.7 Å². The average Bonchev–Trinajstić information content (AvgIpc) is 3.34. The molecular formula is C31H41FN4O2S. The highest BCUT2D eigenvalue weighted by molar-refractivity contribution is 7.90. The first kappa shape index (κ1) is 26.9. The van der Waals surface area contributed by atoms with Gasteiger partial charge in [0, 0.05) is 43.5 Å². The highest BCUT2D eigenvalue weighted by Gasteiger charge is 2.43. The van der Waals surface area contributed by atoms with Crippen LogP contribution in [0.4, 0.5) is 4.39 Å². The van der Waals surface area contributed by atoms with E-state index in [2.05, 4.69) is 23.6 Å². The number of rotatable bonds is 6. The quantitative estimate of drug-likeness (QED) is 0.398. The smallest absolute Gasteiger partial charge is 0.175 e. The van der Waals surface area contributed by atoms with Gasteiger partial charge >= 0.3 is 0 Å². The number of aromatic nitrogens is 2. The van der Waals surface area contributed by atoms with Gasteiger partial charge in [-0.2, -0.15) is 0 Å². The van der Waals surface area contributed by atoms with E-state index in [9.17, 15) is 8.42 Å². The van der Waals surface area contributed by atoms with Crippen molar-refractivity contribution in [2.24, 2.45) is 13.0 Å². The van der Waals surface area contributed by atoms with Crippen LogP contribution in [0.1, 0.15) is 63.9 Å². The van der Waals surface area contributed by atoms with Crippen LogP contribution >= 0.6 is 0 Å². The minimum Gasteiger partial charge on any atom is -0.327 e. The molecule has 39 heavy (non-hydrogen) atoms. The van der Waals surface area contributed by atoms with Crippen LogP contribution in [0.3, 0.4) is 0 Å². The van der Waals surface area contributed by atoms with Crippen LogP contribution < -0.4 is 0 Å². The highest BCUT2D eigenvalue weighted by Crippen LogP contribution is 2.40. The molecule has 3 aromatic rings. The van der Waals surface area contributed by atoms with Gasteiger partial charge in [-0.25, -0.2) is 17.8 Å². The summed E-state index contributed by atoms with van der Waals surface area (Å²) in [5, 5.41) is 0. The van der Waals surface area contributed by atoms with Gasteiger partial charge < -0.3 is 9.47 Å². The molecule has 6 rings (SSSR count). The lowest BCUT2D eigenvalue weighted by Crippen LogP contribution is -2.52. The SMILES string of the molecule is CC(C)CN1C2CCC1CC(N1CCC(c3ccc4c(nc(-c5ccc(S(C)(=O)=O)cc5)n4C)c3F)CC1)C2. The second kappa shape index (κ2) is 10.3. The molecule has 3 aliphatic rings. The first-order chi connectivity index (χ1) is 18.6. The molecule has 6 nitrogen and oxygen atoms in total. The molecule has 2 atom stereocenters. The number of likely N-dealkylation sites (tertiary alicyclic amines) is 1. The Morgan fingerprint density at radius 2 is 1.59 bits per heavy atom. The largest absolute Gasteiger partial charge is 0.327 e. The van der Waals surface area contributed by atoms with Crippen LogP contribution in [0.25, 0.3) is 22.4 Å². The van der Waals surface area contributed by atoms with Gasteiger partial charge in [0.2, 0.25) is 0 Å². The molecule has 0 radical (unpaired) electrons. The number of piperidine rings is 2. The van der Waals surface area contributed by atoms with Crippen LogP contribution in [0.15, 0.2) is 41.3 Å². The Balaban J connectivity index is 1.16. The Labute approximate surface area is 232 Å². The van der Waals surface area contributed by atoms with E-state index in [0.717, 1.165) is 60.6 Å². The van der Waals surface area contributed by atoms with Crippen molar-refractivity contribution in [3.05, 3.63) is 47.8 Å². The summed E-state index contributed by atoms with van der Waals surface area (Å²) in [5.74, 6) is 1.36. The molecule has 0 spiro atoms. The van der Waals surface area contributed by atoms with E-state index in [1.807, 2.05) is 23.7 Å². The maximum absolute atomic E-state index is 15.9. The summed E-state index contributed by atoms with van der Waals surface area (Å²) in [6.07, 6.45) is 8.44. The van der Waals surface area contributed by atoms with Gasteiger partial charge in [0.25, 0.3) is 0 Å². The van der Waals surface area contributed by atoms with E-state index in [1.54, 1.807) is 24.3 Å². The molecule has 3 aliphatic heterocycles. The maximum atomic E-state index is 15.9. The molecule has 2 unspecified atom stereocenters. The van der Waals surface area contributed by atoms with Crippen molar-refractivity contribution < 1.29 is 12.8 Å². The van der Waals surface area contributed by atoms with Gasteiger partial charge in [-0.1, -0.05) is 19.9 Å². The van der Waals surface area contributed by atoms with E-state index < -0.39 is 9.84 Å². The van der Waals surface area contributed by atoms with Crippen LogP contribution in [0, 0.1) is 11.7 Å². The summed E-state index contributed by atoms with van der Waals surface area (Å²) in [4.78, 5) is 10.4. The molecular weight excluding hydrogens is 511 g/mol. The number of hydrogen-bond acceptors (Lipinski definition) is 5. The molecule has 210 valence electrons. The topological polar surface area (TPSA) is 58.4 Å². The van der Waals surface area contributed by atoms with Gasteiger partial charge in [0.1, 0.15) is 11.3 Å². The zero-order valence-corrected chi connectivity index (χ0v) is 24.4. The molecule has 0 saturated carbocycles. The van der Waals surface area contributed by atoms with Gasteiger partial charge in [-0.3, -0.25) is 4.90 Å². The fourth-order valence-electron chi connectivity index (χ4n) is 7.51. The minimum atomic E-state index is -3.27. The lowest BCUT2D eigenvalue weighted by molar-refractivity contribution is 0.0402. The van der Waals surface area contributed by atoms with Crippen LogP contribution in [0.2, 0.25) is 0 Å². The Hall–Kier alpha value is -2.29. The number of nitrogens with zero attached hydrogens (tertiary/aromatic N) is 4.